The van der Waals surface area contributed by atoms with Crippen molar-refractivity contribution in [3.63, 3.8) is 0 Å². The first-order chi connectivity index (χ1) is 6.50. The fourth-order valence-electron chi connectivity index (χ4n) is 1.18. The van der Waals surface area contributed by atoms with E-state index in [2.05, 4.69) is 24.3 Å². The van der Waals surface area contributed by atoms with Crippen LogP contribution in [0.5, 0.6) is 0 Å². The third kappa shape index (κ3) is 8.08. The van der Waals surface area contributed by atoms with Gasteiger partial charge in [0, 0.05) is 23.2 Å². The monoisotopic (exact) mass is 232 g/mol. The zero-order chi connectivity index (χ0) is 9.19. The predicted molar refractivity (Wildman–Crippen MR) is 59.3 cm³/mol. The average molecular weight is 232 g/mol. The second-order valence-electron chi connectivity index (χ2n) is 3.06. The second kappa shape index (κ2) is 10.5. The molecule has 2 radical (unpaired) electrons. The molecule has 2 rings (SSSR count). The number of allylic oxidation sites excluding steroid dienone is 8. The zero-order valence-electron chi connectivity index (χ0n) is 8.36. The molecule has 14 heavy (non-hydrogen) atoms. The summed E-state index contributed by atoms with van der Waals surface area (Å²) in [5.41, 5.74) is 0. The van der Waals surface area contributed by atoms with Gasteiger partial charge in [-0.15, -0.1) is 0 Å². The summed E-state index contributed by atoms with van der Waals surface area (Å²) < 4.78 is 0. The summed E-state index contributed by atoms with van der Waals surface area (Å²) >= 11 is 0. The Bertz CT molecular complexity index is 185. The summed E-state index contributed by atoms with van der Waals surface area (Å²) in [5, 5.41) is 0. The van der Waals surface area contributed by atoms with Gasteiger partial charge in [0.05, 0.1) is 0 Å². The molecule has 0 atom stereocenters. The van der Waals surface area contributed by atoms with Gasteiger partial charge in [0.2, 0.25) is 0 Å². The Balaban J connectivity index is 0.000000246. The molecule has 78 valence electrons. The van der Waals surface area contributed by atoms with E-state index >= 15 is 0 Å². The standard InChI is InChI=1S/C8H12.C5H5.Co/c1-2-4-6-8-7-5-3-1;1-2-4-5-3-1;/h1-2,7-8H,3-6H2;1-5H;/b2-1-,8-7-;;. The van der Waals surface area contributed by atoms with Gasteiger partial charge in [-0.25, -0.2) is 0 Å². The molecule has 0 aliphatic heterocycles. The first-order valence-corrected chi connectivity index (χ1v) is 4.97. The average Bonchev–Trinajstić information content (AvgIpc) is 2.58. The summed E-state index contributed by atoms with van der Waals surface area (Å²) in [6.45, 7) is 0. The molecule has 0 saturated carbocycles. The molecule has 0 spiro atoms. The fourth-order valence-corrected chi connectivity index (χ4v) is 1.18. The molecule has 0 fully saturated rings. The van der Waals surface area contributed by atoms with Crippen LogP contribution in [0.2, 0.25) is 0 Å². The third-order valence-electron chi connectivity index (χ3n) is 1.89. The quantitative estimate of drug-likeness (QED) is 0.554. The minimum absolute atomic E-state index is 0. The Morgan fingerprint density at radius 2 is 0.857 bits per heavy atom. The molecule has 1 heteroatoms. The van der Waals surface area contributed by atoms with Crippen molar-refractivity contribution in [1.29, 1.82) is 0 Å². The first kappa shape index (κ1) is 13.5. The Hall–Kier alpha value is -0.534. The van der Waals surface area contributed by atoms with E-state index in [-0.39, 0.29) is 16.8 Å². The summed E-state index contributed by atoms with van der Waals surface area (Å²) in [6.07, 6.45) is 24.0. The maximum Gasteiger partial charge on any atom is 0.00506 e. The van der Waals surface area contributed by atoms with E-state index in [1.807, 2.05) is 30.7 Å². The van der Waals surface area contributed by atoms with Crippen LogP contribution in [0.1, 0.15) is 25.7 Å². The number of hydrogen-bond acceptors (Lipinski definition) is 0. The van der Waals surface area contributed by atoms with E-state index in [0.717, 1.165) is 0 Å². The van der Waals surface area contributed by atoms with Crippen LogP contribution >= 0.6 is 0 Å². The molecule has 0 unspecified atom stereocenters. The molecule has 0 aromatic rings. The molecule has 2 aliphatic rings. The van der Waals surface area contributed by atoms with Gasteiger partial charge < -0.3 is 0 Å². The molecule has 0 bridgehead atoms. The van der Waals surface area contributed by atoms with Gasteiger partial charge in [-0.3, -0.25) is 0 Å². The van der Waals surface area contributed by atoms with Gasteiger partial charge in [-0.05, 0) is 25.7 Å². The van der Waals surface area contributed by atoms with Gasteiger partial charge in [0.15, 0.2) is 0 Å². The van der Waals surface area contributed by atoms with Crippen LogP contribution in [0.4, 0.5) is 0 Å². The Morgan fingerprint density at radius 1 is 0.500 bits per heavy atom. The van der Waals surface area contributed by atoms with Gasteiger partial charge in [0.25, 0.3) is 0 Å². The maximum absolute atomic E-state index is 2.27. The van der Waals surface area contributed by atoms with E-state index < -0.39 is 0 Å². The predicted octanol–water partition coefficient (Wildman–Crippen LogP) is 3.99. The van der Waals surface area contributed by atoms with Crippen molar-refractivity contribution in [3.8, 4) is 0 Å². The number of rotatable bonds is 0. The van der Waals surface area contributed by atoms with E-state index in [1.54, 1.807) is 0 Å². The molecule has 0 aromatic heterocycles. The van der Waals surface area contributed by atoms with E-state index in [9.17, 15) is 0 Å². The molecule has 0 amide bonds. The van der Waals surface area contributed by atoms with Crippen LogP contribution in [-0.2, 0) is 16.8 Å². The maximum atomic E-state index is 2.27. The largest absolute Gasteiger partial charge is 0.0882 e. The van der Waals surface area contributed by atoms with E-state index in [4.69, 9.17) is 0 Å². The minimum atomic E-state index is 0. The van der Waals surface area contributed by atoms with Gasteiger partial charge in [-0.1, -0.05) is 48.6 Å². The zero-order valence-corrected chi connectivity index (χ0v) is 9.40. The van der Waals surface area contributed by atoms with Crippen molar-refractivity contribution in [1.82, 2.24) is 0 Å². The molecule has 0 heterocycles. The van der Waals surface area contributed by atoms with Crippen molar-refractivity contribution in [3.05, 3.63) is 55.0 Å². The van der Waals surface area contributed by atoms with Crippen LogP contribution in [0, 0.1) is 6.42 Å². The van der Waals surface area contributed by atoms with Crippen LogP contribution in [0.3, 0.4) is 0 Å². The summed E-state index contributed by atoms with van der Waals surface area (Å²) in [6, 6.07) is 0. The smallest absolute Gasteiger partial charge is 0.00506 e. The minimum Gasteiger partial charge on any atom is -0.0882 e. The van der Waals surface area contributed by atoms with Gasteiger partial charge in [0.1, 0.15) is 0 Å². The third-order valence-corrected chi connectivity index (χ3v) is 1.89. The van der Waals surface area contributed by atoms with E-state index in [0.29, 0.717) is 0 Å². The van der Waals surface area contributed by atoms with Crippen LogP contribution in [-0.4, -0.2) is 0 Å². The SMILES string of the molecule is C1=C\CC/C=C\CC/1.[CH]1C=CC=C1.[Co]. The van der Waals surface area contributed by atoms with Crippen LogP contribution in [0.25, 0.3) is 0 Å². The van der Waals surface area contributed by atoms with Crippen molar-refractivity contribution in [2.24, 2.45) is 0 Å². The van der Waals surface area contributed by atoms with Crippen LogP contribution in [0.15, 0.2) is 48.6 Å². The van der Waals surface area contributed by atoms with Gasteiger partial charge >= 0.3 is 0 Å². The Labute approximate surface area is 97.7 Å². The van der Waals surface area contributed by atoms with Crippen molar-refractivity contribution in [2.45, 2.75) is 25.7 Å². The normalized spacial score (nSPS) is 22.3. The first-order valence-electron chi connectivity index (χ1n) is 4.97. The molecule has 0 saturated heterocycles. The summed E-state index contributed by atoms with van der Waals surface area (Å²) in [4.78, 5) is 0. The number of hydrogen-bond donors (Lipinski definition) is 0. The van der Waals surface area contributed by atoms with Crippen molar-refractivity contribution < 1.29 is 16.8 Å². The summed E-state index contributed by atoms with van der Waals surface area (Å²) in [5.74, 6) is 0. The summed E-state index contributed by atoms with van der Waals surface area (Å²) in [7, 11) is 0. The molecule has 2 aliphatic carbocycles. The fraction of sp³-hybridized carbons (Fsp3) is 0.308. The Kier molecular flexibility index (Phi) is 10.1. The second-order valence-corrected chi connectivity index (χ2v) is 3.06. The van der Waals surface area contributed by atoms with Crippen molar-refractivity contribution in [2.75, 3.05) is 0 Å². The van der Waals surface area contributed by atoms with Crippen LogP contribution < -0.4 is 0 Å². The molecule has 0 nitrogen and oxygen atoms in total. The molecular weight excluding hydrogens is 215 g/mol. The molecule has 0 aromatic carbocycles. The molecule has 0 N–H and O–H groups in total. The van der Waals surface area contributed by atoms with Crippen molar-refractivity contribution >= 4 is 0 Å². The topological polar surface area (TPSA) is 0 Å². The van der Waals surface area contributed by atoms with E-state index in [1.165, 1.54) is 25.7 Å². The molecular formula is C13H17Co. The van der Waals surface area contributed by atoms with Gasteiger partial charge in [-0.2, -0.15) is 0 Å². The Morgan fingerprint density at radius 3 is 1.07 bits per heavy atom.